The van der Waals surface area contributed by atoms with Gasteiger partial charge in [-0.15, -0.1) is 0 Å². The van der Waals surface area contributed by atoms with Crippen LogP contribution in [0.3, 0.4) is 0 Å². The number of hydrogen-bond donors (Lipinski definition) is 0. The summed E-state index contributed by atoms with van der Waals surface area (Å²) < 4.78 is 0. The van der Waals surface area contributed by atoms with Gasteiger partial charge in [0.15, 0.2) is 0 Å². The predicted octanol–water partition coefficient (Wildman–Crippen LogP) is 7.39. The molecule has 0 aliphatic rings. The van der Waals surface area contributed by atoms with Crippen LogP contribution >= 0.6 is 0 Å². The van der Waals surface area contributed by atoms with Gasteiger partial charge in [-0.05, 0) is 50.6 Å². The molecule has 0 spiro atoms. The van der Waals surface area contributed by atoms with E-state index in [-0.39, 0.29) is 0 Å². The second-order valence-electron chi connectivity index (χ2n) is 6.59. The maximum atomic E-state index is 3.97. The summed E-state index contributed by atoms with van der Waals surface area (Å²) in [7, 11) is 0. The van der Waals surface area contributed by atoms with Crippen molar-refractivity contribution in [3.05, 3.63) is 103 Å². The highest BCUT2D eigenvalue weighted by molar-refractivity contribution is 5.97. The molecule has 3 aromatic carbocycles. The molecule has 0 nitrogen and oxygen atoms in total. The Hall–Kier alpha value is -2.86. The monoisotopic (exact) mass is 324 g/mol. The van der Waals surface area contributed by atoms with Crippen molar-refractivity contribution in [1.29, 1.82) is 0 Å². The molecule has 0 radical (unpaired) electrons. The summed E-state index contributed by atoms with van der Waals surface area (Å²) in [5, 5.41) is 2.55. The fourth-order valence-corrected chi connectivity index (χ4v) is 3.19. The average Bonchev–Trinajstić information content (AvgIpc) is 2.65. The van der Waals surface area contributed by atoms with Crippen LogP contribution in [-0.4, -0.2) is 0 Å². The van der Waals surface area contributed by atoms with Crippen LogP contribution in [0.5, 0.6) is 0 Å². The molecule has 0 heteroatoms. The minimum absolute atomic E-state index is 0.462. The third-order valence-electron chi connectivity index (χ3n) is 4.57. The lowest BCUT2D eigenvalue weighted by atomic mass is 9.90. The van der Waals surface area contributed by atoms with E-state index in [4.69, 9.17) is 0 Å². The van der Waals surface area contributed by atoms with E-state index in [9.17, 15) is 0 Å². The van der Waals surface area contributed by atoms with E-state index >= 15 is 0 Å². The quantitative estimate of drug-likeness (QED) is 0.429. The van der Waals surface area contributed by atoms with E-state index < -0.39 is 0 Å². The fraction of sp³-hybridized carbons (Fsp3) is 0.120. The Labute approximate surface area is 150 Å². The highest BCUT2D eigenvalue weighted by Crippen LogP contribution is 2.33. The smallest absolute Gasteiger partial charge is 0.0105 e. The molecule has 124 valence electrons. The molecule has 0 aromatic heterocycles. The first-order valence-corrected chi connectivity index (χ1v) is 8.72. The van der Waals surface area contributed by atoms with Crippen LogP contribution in [0.4, 0.5) is 0 Å². The number of fused-ring (bicyclic) bond motifs is 1. The highest BCUT2D eigenvalue weighted by atomic mass is 14.1. The van der Waals surface area contributed by atoms with Crippen molar-refractivity contribution in [2.75, 3.05) is 0 Å². The summed E-state index contributed by atoms with van der Waals surface area (Å²) in [5.41, 5.74) is 6.12. The molecule has 3 rings (SSSR count). The second-order valence-corrected chi connectivity index (χ2v) is 6.59. The van der Waals surface area contributed by atoms with Crippen LogP contribution in [0.2, 0.25) is 0 Å². The van der Waals surface area contributed by atoms with E-state index in [0.717, 1.165) is 5.57 Å². The third-order valence-corrected chi connectivity index (χ3v) is 4.57. The molecule has 0 unspecified atom stereocenters. The Balaban J connectivity index is 2.28. The number of rotatable bonds is 5. The summed E-state index contributed by atoms with van der Waals surface area (Å²) in [6, 6.07) is 21.9. The molecule has 0 saturated heterocycles. The van der Waals surface area contributed by atoms with Gasteiger partial charge in [-0.1, -0.05) is 99.8 Å². The van der Waals surface area contributed by atoms with Gasteiger partial charge in [-0.2, -0.15) is 0 Å². The zero-order chi connectivity index (χ0) is 17.8. The van der Waals surface area contributed by atoms with E-state index in [1.54, 1.807) is 0 Å². The van der Waals surface area contributed by atoms with Gasteiger partial charge in [0.05, 0.1) is 0 Å². The molecule has 25 heavy (non-hydrogen) atoms. The van der Waals surface area contributed by atoms with Crippen molar-refractivity contribution in [3.8, 4) is 11.1 Å². The summed E-state index contributed by atoms with van der Waals surface area (Å²) in [6.45, 7) is 12.3. The van der Waals surface area contributed by atoms with E-state index in [1.165, 1.54) is 33.0 Å². The van der Waals surface area contributed by atoms with Crippen LogP contribution in [0, 0.1) is 0 Å². The molecule has 0 heterocycles. The van der Waals surface area contributed by atoms with Gasteiger partial charge in [-0.3, -0.25) is 0 Å². The zero-order valence-corrected chi connectivity index (χ0v) is 15.0. The van der Waals surface area contributed by atoms with Gasteiger partial charge in [-0.25, -0.2) is 0 Å². The maximum absolute atomic E-state index is 3.97. The number of hydrogen-bond acceptors (Lipinski definition) is 0. The Morgan fingerprint density at radius 1 is 0.920 bits per heavy atom. The van der Waals surface area contributed by atoms with Gasteiger partial charge >= 0.3 is 0 Å². The van der Waals surface area contributed by atoms with Crippen molar-refractivity contribution in [3.63, 3.8) is 0 Å². The first-order chi connectivity index (χ1) is 12.1. The Bertz CT molecular complexity index is 949. The molecule has 0 N–H and O–H groups in total. The molecule has 0 atom stereocenters. The van der Waals surface area contributed by atoms with Gasteiger partial charge in [0.25, 0.3) is 0 Å². The third kappa shape index (κ3) is 3.49. The summed E-state index contributed by atoms with van der Waals surface area (Å²) in [4.78, 5) is 0. The average molecular weight is 324 g/mol. The number of benzene rings is 3. The Morgan fingerprint density at radius 2 is 1.68 bits per heavy atom. The molecule has 0 saturated carbocycles. The van der Waals surface area contributed by atoms with Crippen LogP contribution in [-0.2, 0) is 0 Å². The summed E-state index contributed by atoms with van der Waals surface area (Å²) in [6.07, 6.45) is 5.73. The van der Waals surface area contributed by atoms with Crippen LogP contribution in [0.25, 0.3) is 27.5 Å². The maximum Gasteiger partial charge on any atom is -0.0105 e. The summed E-state index contributed by atoms with van der Waals surface area (Å²) >= 11 is 0. The Kier molecular flexibility index (Phi) is 5.00. The van der Waals surface area contributed by atoms with Crippen LogP contribution in [0.1, 0.15) is 30.9 Å². The minimum atomic E-state index is 0.462. The molecular weight excluding hydrogens is 300 g/mol. The van der Waals surface area contributed by atoms with Gasteiger partial charge in [0.1, 0.15) is 0 Å². The minimum Gasteiger partial charge on any atom is -0.0990 e. The largest absolute Gasteiger partial charge is 0.0990 e. The number of allylic oxidation sites excluding steroid dienone is 4. The first-order valence-electron chi connectivity index (χ1n) is 8.72. The topological polar surface area (TPSA) is 0 Å². The zero-order valence-electron chi connectivity index (χ0n) is 15.0. The van der Waals surface area contributed by atoms with Crippen molar-refractivity contribution in [2.45, 2.75) is 19.8 Å². The lowest BCUT2D eigenvalue weighted by Crippen LogP contribution is -1.93. The second kappa shape index (κ2) is 7.36. The van der Waals surface area contributed by atoms with Gasteiger partial charge < -0.3 is 0 Å². The fourth-order valence-electron chi connectivity index (χ4n) is 3.19. The molecule has 0 bridgehead atoms. The van der Waals surface area contributed by atoms with Crippen molar-refractivity contribution in [1.82, 2.24) is 0 Å². The van der Waals surface area contributed by atoms with Crippen molar-refractivity contribution >= 4 is 16.3 Å². The normalized spacial score (nSPS) is 11.7. The van der Waals surface area contributed by atoms with Crippen molar-refractivity contribution in [2.24, 2.45) is 0 Å². The predicted molar refractivity (Wildman–Crippen MR) is 112 cm³/mol. The molecular formula is C25H24. The van der Waals surface area contributed by atoms with Crippen LogP contribution in [0.15, 0.2) is 92.0 Å². The molecule has 0 fully saturated rings. The summed E-state index contributed by atoms with van der Waals surface area (Å²) in [5.74, 6) is 0.462. The van der Waals surface area contributed by atoms with E-state index in [2.05, 4.69) is 87.7 Å². The van der Waals surface area contributed by atoms with Gasteiger partial charge in [0.2, 0.25) is 0 Å². The molecule has 0 aliphatic heterocycles. The SMILES string of the molecule is C=C/C=C(\C=C)c1cc(-c2cccc3ccccc23)cc(C(C)C)c1. The first kappa shape index (κ1) is 17.0. The van der Waals surface area contributed by atoms with E-state index in [0.29, 0.717) is 5.92 Å². The molecule has 3 aromatic rings. The molecule has 0 aliphatic carbocycles. The molecule has 0 amide bonds. The lowest BCUT2D eigenvalue weighted by Gasteiger charge is -2.14. The van der Waals surface area contributed by atoms with E-state index in [1.807, 2.05) is 18.2 Å². The van der Waals surface area contributed by atoms with Crippen molar-refractivity contribution < 1.29 is 0 Å². The van der Waals surface area contributed by atoms with Crippen LogP contribution < -0.4 is 0 Å². The standard InChI is InChI=1S/C25H24/c1-5-10-19(6-2)22-15-21(18(3)4)16-23(17-22)25-14-9-12-20-11-7-8-13-24(20)25/h5-18H,1-2H2,3-4H3/b19-10+. The van der Waals surface area contributed by atoms with Gasteiger partial charge in [0, 0.05) is 0 Å². The Morgan fingerprint density at radius 3 is 2.40 bits per heavy atom. The highest BCUT2D eigenvalue weighted by Gasteiger charge is 2.10. The lowest BCUT2D eigenvalue weighted by molar-refractivity contribution is 0.866.